The summed E-state index contributed by atoms with van der Waals surface area (Å²) in [5, 5.41) is 4.10. The lowest BCUT2D eigenvalue weighted by molar-refractivity contribution is 0.283. The van der Waals surface area contributed by atoms with Crippen LogP contribution in [0.5, 0.6) is 5.75 Å². The van der Waals surface area contributed by atoms with Crippen LogP contribution in [0.2, 0.25) is 0 Å². The van der Waals surface area contributed by atoms with Crippen LogP contribution >= 0.6 is 0 Å². The number of aromatic nitrogens is 3. The third-order valence-corrected chi connectivity index (χ3v) is 2.46. The number of rotatable bonds is 4. The van der Waals surface area contributed by atoms with Crippen molar-refractivity contribution >= 4 is 5.69 Å². The molecule has 0 radical (unpaired) electrons. The van der Waals surface area contributed by atoms with Crippen LogP contribution in [0.25, 0.3) is 0 Å². The molecule has 0 aliphatic heterocycles. The highest BCUT2D eigenvalue weighted by Gasteiger charge is 2.09. The van der Waals surface area contributed by atoms with E-state index in [0.29, 0.717) is 11.6 Å². The average Bonchev–Trinajstić information content (AvgIpc) is 2.76. The highest BCUT2D eigenvalue weighted by atomic mass is 19.1. The van der Waals surface area contributed by atoms with Crippen LogP contribution in [-0.4, -0.2) is 14.8 Å². The summed E-state index contributed by atoms with van der Waals surface area (Å²) in [6, 6.07) is 4.24. The number of hydrogen-bond donors (Lipinski definition) is 1. The lowest BCUT2D eigenvalue weighted by Gasteiger charge is -2.11. The van der Waals surface area contributed by atoms with Gasteiger partial charge in [-0.05, 0) is 26.0 Å². The van der Waals surface area contributed by atoms with E-state index < -0.39 is 0 Å². The maximum Gasteiger partial charge on any atom is 0.165 e. The molecule has 0 saturated carbocycles. The second kappa shape index (κ2) is 5.03. The number of benzene rings is 1. The fourth-order valence-electron chi connectivity index (χ4n) is 1.60. The quantitative estimate of drug-likeness (QED) is 0.844. The van der Waals surface area contributed by atoms with Crippen molar-refractivity contribution in [2.45, 2.75) is 26.5 Å². The summed E-state index contributed by atoms with van der Waals surface area (Å²) in [4.78, 5) is 4.11. The minimum atomic E-state index is -0.384. The minimum absolute atomic E-state index is 0.205. The van der Waals surface area contributed by atoms with Crippen LogP contribution in [0.15, 0.2) is 24.5 Å². The van der Waals surface area contributed by atoms with Gasteiger partial charge in [0, 0.05) is 12.1 Å². The number of ether oxygens (including phenoxy) is 1. The zero-order valence-corrected chi connectivity index (χ0v) is 10.3. The van der Waals surface area contributed by atoms with Crippen molar-refractivity contribution in [3.05, 3.63) is 36.2 Å². The molecule has 0 fully saturated rings. The van der Waals surface area contributed by atoms with Crippen LogP contribution < -0.4 is 10.5 Å². The van der Waals surface area contributed by atoms with E-state index >= 15 is 0 Å². The standard InChI is InChI=1S/C12H15FN4O/c1-8(2)17-12(15-7-16-17)6-18-11-4-3-9(13)5-10(11)14/h3-5,7-8H,6,14H2,1-2H3. The predicted octanol–water partition coefficient (Wildman–Crippen LogP) is 2.16. The van der Waals surface area contributed by atoms with E-state index in [0.717, 1.165) is 0 Å². The van der Waals surface area contributed by atoms with Crippen molar-refractivity contribution < 1.29 is 9.13 Å². The Morgan fingerprint density at radius 2 is 2.22 bits per heavy atom. The molecule has 1 heterocycles. The van der Waals surface area contributed by atoms with Gasteiger partial charge in [0.15, 0.2) is 5.82 Å². The Bertz CT molecular complexity index is 539. The lowest BCUT2D eigenvalue weighted by atomic mass is 10.3. The maximum absolute atomic E-state index is 12.9. The minimum Gasteiger partial charge on any atom is -0.483 e. The Balaban J connectivity index is 2.09. The highest BCUT2D eigenvalue weighted by molar-refractivity contribution is 5.52. The number of nitrogens with two attached hydrogens (primary N) is 1. The molecule has 6 heteroatoms. The summed E-state index contributed by atoms with van der Waals surface area (Å²) >= 11 is 0. The van der Waals surface area contributed by atoms with Gasteiger partial charge in [-0.25, -0.2) is 14.1 Å². The fraction of sp³-hybridized carbons (Fsp3) is 0.333. The largest absolute Gasteiger partial charge is 0.483 e. The van der Waals surface area contributed by atoms with Crippen LogP contribution in [0.1, 0.15) is 25.7 Å². The van der Waals surface area contributed by atoms with Crippen molar-refractivity contribution in [1.29, 1.82) is 0 Å². The van der Waals surface area contributed by atoms with Gasteiger partial charge in [-0.15, -0.1) is 0 Å². The van der Waals surface area contributed by atoms with Gasteiger partial charge in [-0.2, -0.15) is 5.10 Å². The van der Waals surface area contributed by atoms with Gasteiger partial charge in [0.1, 0.15) is 24.5 Å². The number of halogens is 1. The second-order valence-electron chi connectivity index (χ2n) is 4.19. The molecule has 18 heavy (non-hydrogen) atoms. The number of nitrogens with zero attached hydrogens (tertiary/aromatic N) is 3. The van der Waals surface area contributed by atoms with Crippen LogP contribution in [0, 0.1) is 5.82 Å². The highest BCUT2D eigenvalue weighted by Crippen LogP contribution is 2.22. The van der Waals surface area contributed by atoms with Gasteiger partial charge in [0.2, 0.25) is 0 Å². The van der Waals surface area contributed by atoms with Gasteiger partial charge >= 0.3 is 0 Å². The molecule has 0 atom stereocenters. The first kappa shape index (κ1) is 12.3. The van der Waals surface area contributed by atoms with Crippen molar-refractivity contribution in [3.63, 3.8) is 0 Å². The smallest absolute Gasteiger partial charge is 0.165 e. The molecule has 0 spiro atoms. The molecule has 1 aromatic carbocycles. The second-order valence-corrected chi connectivity index (χ2v) is 4.19. The first-order valence-electron chi connectivity index (χ1n) is 5.64. The zero-order valence-electron chi connectivity index (χ0n) is 10.3. The van der Waals surface area contributed by atoms with E-state index in [1.807, 2.05) is 13.8 Å². The van der Waals surface area contributed by atoms with Crippen molar-refractivity contribution in [2.75, 3.05) is 5.73 Å². The van der Waals surface area contributed by atoms with Gasteiger partial charge in [0.05, 0.1) is 5.69 Å². The number of anilines is 1. The Morgan fingerprint density at radius 1 is 1.44 bits per heavy atom. The molecule has 2 N–H and O–H groups in total. The molecule has 0 aliphatic rings. The van der Waals surface area contributed by atoms with E-state index in [4.69, 9.17) is 10.5 Å². The molecule has 0 unspecified atom stereocenters. The molecule has 1 aromatic heterocycles. The predicted molar refractivity (Wildman–Crippen MR) is 65.6 cm³/mol. The zero-order chi connectivity index (χ0) is 13.1. The molecule has 5 nitrogen and oxygen atoms in total. The molecule has 2 aromatic rings. The van der Waals surface area contributed by atoms with Crippen LogP contribution in [0.4, 0.5) is 10.1 Å². The number of nitrogen functional groups attached to an aromatic ring is 1. The van der Waals surface area contributed by atoms with Crippen molar-refractivity contribution in [1.82, 2.24) is 14.8 Å². The third kappa shape index (κ3) is 2.58. The Kier molecular flexibility index (Phi) is 3.45. The van der Waals surface area contributed by atoms with Gasteiger partial charge < -0.3 is 10.5 Å². The van der Waals surface area contributed by atoms with Crippen LogP contribution in [0.3, 0.4) is 0 Å². The summed E-state index contributed by atoms with van der Waals surface area (Å²) in [7, 11) is 0. The average molecular weight is 250 g/mol. The third-order valence-electron chi connectivity index (χ3n) is 2.46. The molecule has 0 aliphatic carbocycles. The SMILES string of the molecule is CC(C)n1ncnc1COc1ccc(F)cc1N. The molecular weight excluding hydrogens is 235 g/mol. The van der Waals surface area contributed by atoms with E-state index in [1.54, 1.807) is 4.68 Å². The molecule has 0 saturated heterocycles. The first-order chi connectivity index (χ1) is 8.58. The Morgan fingerprint density at radius 3 is 2.89 bits per heavy atom. The topological polar surface area (TPSA) is 66.0 Å². The summed E-state index contributed by atoms with van der Waals surface area (Å²) in [6.45, 7) is 4.25. The van der Waals surface area contributed by atoms with Gasteiger partial charge in [-0.3, -0.25) is 0 Å². The molecule has 2 rings (SSSR count). The fourth-order valence-corrected chi connectivity index (χ4v) is 1.60. The summed E-state index contributed by atoms with van der Waals surface area (Å²) in [6.07, 6.45) is 1.48. The molecular formula is C12H15FN4O. The normalized spacial score (nSPS) is 10.9. The van der Waals surface area contributed by atoms with Crippen LogP contribution in [-0.2, 0) is 6.61 Å². The van der Waals surface area contributed by atoms with Crippen molar-refractivity contribution in [3.8, 4) is 5.75 Å². The Labute approximate surface area is 104 Å². The van der Waals surface area contributed by atoms with Gasteiger partial charge in [-0.1, -0.05) is 0 Å². The number of hydrogen-bond acceptors (Lipinski definition) is 4. The monoisotopic (exact) mass is 250 g/mol. The van der Waals surface area contributed by atoms with Crippen molar-refractivity contribution in [2.24, 2.45) is 0 Å². The summed E-state index contributed by atoms with van der Waals surface area (Å²) in [5.74, 6) is 0.758. The first-order valence-corrected chi connectivity index (χ1v) is 5.64. The summed E-state index contributed by atoms with van der Waals surface area (Å²) in [5.41, 5.74) is 5.92. The molecule has 0 bridgehead atoms. The van der Waals surface area contributed by atoms with E-state index in [9.17, 15) is 4.39 Å². The maximum atomic E-state index is 12.9. The Hall–Kier alpha value is -2.11. The molecule has 0 amide bonds. The van der Waals surface area contributed by atoms with E-state index in [-0.39, 0.29) is 24.2 Å². The summed E-state index contributed by atoms with van der Waals surface area (Å²) < 4.78 is 20.1. The lowest BCUT2D eigenvalue weighted by Crippen LogP contribution is -2.11. The van der Waals surface area contributed by atoms with E-state index in [1.165, 1.54) is 24.5 Å². The van der Waals surface area contributed by atoms with E-state index in [2.05, 4.69) is 10.1 Å². The van der Waals surface area contributed by atoms with Gasteiger partial charge in [0.25, 0.3) is 0 Å². The molecule has 96 valence electrons.